The van der Waals surface area contributed by atoms with Gasteiger partial charge in [-0.2, -0.15) is 0 Å². The summed E-state index contributed by atoms with van der Waals surface area (Å²) >= 11 is 0. The van der Waals surface area contributed by atoms with Crippen molar-refractivity contribution < 1.29 is 19.0 Å². The van der Waals surface area contributed by atoms with Gasteiger partial charge in [0.2, 0.25) is 0 Å². The molecule has 17 heavy (non-hydrogen) atoms. The predicted molar refractivity (Wildman–Crippen MR) is 61.5 cm³/mol. The number of benzene rings is 1. The quantitative estimate of drug-likeness (QED) is 0.881. The fourth-order valence-corrected chi connectivity index (χ4v) is 2.20. The molecule has 1 N–H and O–H groups in total. The predicted octanol–water partition coefficient (Wildman–Crippen LogP) is 2.29. The Morgan fingerprint density at radius 1 is 1.41 bits per heavy atom. The number of aliphatic hydroxyl groups is 1. The van der Waals surface area contributed by atoms with Crippen LogP contribution in [0.2, 0.25) is 0 Å². The average Bonchev–Trinajstić information content (AvgIpc) is 2.39. The molecule has 0 bridgehead atoms. The monoisotopic (exact) mass is 240 g/mol. The lowest BCUT2D eigenvalue weighted by Crippen LogP contribution is -2.22. The first-order valence-corrected chi connectivity index (χ1v) is 5.82. The van der Waals surface area contributed by atoms with Gasteiger partial charge in [-0.1, -0.05) is 12.1 Å². The zero-order valence-corrected chi connectivity index (χ0v) is 9.86. The van der Waals surface area contributed by atoms with Gasteiger partial charge in [-0.15, -0.1) is 0 Å². The van der Waals surface area contributed by atoms with Gasteiger partial charge in [0, 0.05) is 18.8 Å². The van der Waals surface area contributed by atoms with Gasteiger partial charge in [0.1, 0.15) is 0 Å². The summed E-state index contributed by atoms with van der Waals surface area (Å²) in [5.74, 6) is -0.229. The van der Waals surface area contributed by atoms with E-state index in [-0.39, 0.29) is 11.7 Å². The number of methoxy groups -OCH3 is 1. The van der Waals surface area contributed by atoms with Crippen molar-refractivity contribution in [1.29, 1.82) is 0 Å². The van der Waals surface area contributed by atoms with Crippen molar-refractivity contribution in [3.05, 3.63) is 29.6 Å². The van der Waals surface area contributed by atoms with Crippen LogP contribution >= 0.6 is 0 Å². The largest absolute Gasteiger partial charge is 0.494 e. The van der Waals surface area contributed by atoms with Crippen LogP contribution in [0.4, 0.5) is 4.39 Å². The molecule has 0 spiro atoms. The lowest BCUT2D eigenvalue weighted by Gasteiger charge is -2.27. The minimum absolute atomic E-state index is 0.0605. The van der Waals surface area contributed by atoms with E-state index in [1.807, 2.05) is 0 Å². The Bertz CT molecular complexity index is 375. The summed E-state index contributed by atoms with van der Waals surface area (Å²) in [4.78, 5) is 0. The summed E-state index contributed by atoms with van der Waals surface area (Å²) in [6.07, 6.45) is 0.740. The Morgan fingerprint density at radius 2 is 2.12 bits per heavy atom. The molecule has 0 aliphatic carbocycles. The number of aliphatic hydroxyl groups excluding tert-OH is 1. The Morgan fingerprint density at radius 3 is 2.76 bits per heavy atom. The standard InChI is InChI=1S/C13H17FO3/c1-16-11-4-2-3-10(12(11)14)13(15)9-5-7-17-8-6-9/h2-4,9,13,15H,5-8H2,1H3. The van der Waals surface area contributed by atoms with Crippen LogP contribution in [0.3, 0.4) is 0 Å². The lowest BCUT2D eigenvalue weighted by atomic mass is 9.89. The first kappa shape index (κ1) is 12.3. The molecule has 0 aromatic heterocycles. The van der Waals surface area contributed by atoms with Crippen LogP contribution in [0.5, 0.6) is 5.75 Å². The van der Waals surface area contributed by atoms with Crippen LogP contribution in [0.15, 0.2) is 18.2 Å². The van der Waals surface area contributed by atoms with Crippen LogP contribution in [-0.4, -0.2) is 25.4 Å². The number of halogens is 1. The summed E-state index contributed by atoms with van der Waals surface area (Å²) < 4.78 is 24.1. The van der Waals surface area contributed by atoms with Crippen molar-refractivity contribution in [2.24, 2.45) is 5.92 Å². The van der Waals surface area contributed by atoms with Gasteiger partial charge < -0.3 is 14.6 Å². The highest BCUT2D eigenvalue weighted by molar-refractivity contribution is 5.32. The van der Waals surface area contributed by atoms with Crippen molar-refractivity contribution in [3.63, 3.8) is 0 Å². The van der Waals surface area contributed by atoms with Crippen molar-refractivity contribution in [2.45, 2.75) is 18.9 Å². The number of rotatable bonds is 3. The molecule has 1 heterocycles. The van der Waals surface area contributed by atoms with Gasteiger partial charge in [0.15, 0.2) is 11.6 Å². The molecule has 1 fully saturated rings. The highest BCUT2D eigenvalue weighted by Gasteiger charge is 2.26. The second kappa shape index (κ2) is 5.47. The fourth-order valence-electron chi connectivity index (χ4n) is 2.20. The Hall–Kier alpha value is -1.13. The van der Waals surface area contributed by atoms with Gasteiger partial charge in [-0.25, -0.2) is 4.39 Å². The van der Waals surface area contributed by atoms with Crippen LogP contribution in [0.1, 0.15) is 24.5 Å². The molecule has 1 unspecified atom stereocenters. The van der Waals surface area contributed by atoms with E-state index >= 15 is 0 Å². The molecular weight excluding hydrogens is 223 g/mol. The maximum Gasteiger partial charge on any atom is 0.170 e. The van der Waals surface area contributed by atoms with E-state index in [0.29, 0.717) is 18.8 Å². The van der Waals surface area contributed by atoms with Crippen LogP contribution in [-0.2, 0) is 4.74 Å². The molecular formula is C13H17FO3. The molecule has 0 radical (unpaired) electrons. The molecule has 1 aromatic rings. The summed E-state index contributed by atoms with van der Waals surface area (Å²) in [5.41, 5.74) is 0.316. The highest BCUT2D eigenvalue weighted by Crippen LogP contribution is 2.33. The van der Waals surface area contributed by atoms with E-state index in [2.05, 4.69) is 0 Å². The van der Waals surface area contributed by atoms with Gasteiger partial charge in [0.25, 0.3) is 0 Å². The molecule has 0 amide bonds. The minimum atomic E-state index is -0.783. The summed E-state index contributed by atoms with van der Waals surface area (Å²) in [6, 6.07) is 4.85. The molecule has 4 heteroatoms. The third-order valence-electron chi connectivity index (χ3n) is 3.24. The second-order valence-electron chi connectivity index (χ2n) is 4.26. The van der Waals surface area contributed by atoms with Gasteiger partial charge in [0.05, 0.1) is 13.2 Å². The summed E-state index contributed by atoms with van der Waals surface area (Å²) in [6.45, 7) is 1.26. The van der Waals surface area contributed by atoms with Crippen LogP contribution in [0, 0.1) is 11.7 Å². The van der Waals surface area contributed by atoms with E-state index in [1.54, 1.807) is 18.2 Å². The SMILES string of the molecule is COc1cccc(C(O)C2CCOCC2)c1F. The molecule has 94 valence electrons. The average molecular weight is 240 g/mol. The second-order valence-corrected chi connectivity index (χ2v) is 4.26. The van der Waals surface area contributed by atoms with Crippen LogP contribution < -0.4 is 4.74 Å². The molecule has 1 aliphatic heterocycles. The van der Waals surface area contributed by atoms with E-state index in [9.17, 15) is 9.50 Å². The number of ether oxygens (including phenoxy) is 2. The van der Waals surface area contributed by atoms with Gasteiger partial charge in [-0.05, 0) is 24.8 Å². The lowest BCUT2D eigenvalue weighted by molar-refractivity contribution is 0.00576. The van der Waals surface area contributed by atoms with Crippen molar-refractivity contribution in [3.8, 4) is 5.75 Å². The van der Waals surface area contributed by atoms with Crippen molar-refractivity contribution in [2.75, 3.05) is 20.3 Å². The molecule has 1 atom stereocenters. The van der Waals surface area contributed by atoms with Crippen molar-refractivity contribution in [1.82, 2.24) is 0 Å². The summed E-state index contributed by atoms with van der Waals surface area (Å²) in [7, 11) is 1.42. The normalized spacial score (nSPS) is 19.0. The van der Waals surface area contributed by atoms with Gasteiger partial charge in [-0.3, -0.25) is 0 Å². The molecule has 1 saturated heterocycles. The molecule has 2 rings (SSSR count). The molecule has 1 aromatic carbocycles. The molecule has 0 saturated carbocycles. The Kier molecular flexibility index (Phi) is 3.97. The minimum Gasteiger partial charge on any atom is -0.494 e. The van der Waals surface area contributed by atoms with Gasteiger partial charge >= 0.3 is 0 Å². The van der Waals surface area contributed by atoms with E-state index < -0.39 is 11.9 Å². The smallest absolute Gasteiger partial charge is 0.170 e. The van der Waals surface area contributed by atoms with Crippen molar-refractivity contribution >= 4 is 0 Å². The number of hydrogen-bond donors (Lipinski definition) is 1. The van der Waals surface area contributed by atoms with E-state index in [4.69, 9.17) is 9.47 Å². The Balaban J connectivity index is 2.20. The number of hydrogen-bond acceptors (Lipinski definition) is 3. The van der Waals surface area contributed by atoms with Crippen LogP contribution in [0.25, 0.3) is 0 Å². The van der Waals surface area contributed by atoms with E-state index in [1.165, 1.54) is 7.11 Å². The van der Waals surface area contributed by atoms with E-state index in [0.717, 1.165) is 12.8 Å². The third-order valence-corrected chi connectivity index (χ3v) is 3.24. The topological polar surface area (TPSA) is 38.7 Å². The maximum absolute atomic E-state index is 14.0. The highest BCUT2D eigenvalue weighted by atomic mass is 19.1. The first-order valence-electron chi connectivity index (χ1n) is 5.82. The summed E-state index contributed by atoms with van der Waals surface area (Å²) in [5, 5.41) is 10.2. The Labute approximate surface area is 100 Å². The zero-order chi connectivity index (χ0) is 12.3. The zero-order valence-electron chi connectivity index (χ0n) is 9.86. The third kappa shape index (κ3) is 2.58. The molecule has 1 aliphatic rings. The fraction of sp³-hybridized carbons (Fsp3) is 0.538. The molecule has 3 nitrogen and oxygen atoms in total. The maximum atomic E-state index is 14.0. The first-order chi connectivity index (χ1) is 8.24.